The highest BCUT2D eigenvalue weighted by Crippen LogP contribution is 2.23. The van der Waals surface area contributed by atoms with Crippen LogP contribution in [0.15, 0.2) is 11.4 Å². The molecule has 1 aromatic rings. The van der Waals surface area contributed by atoms with Gasteiger partial charge in [0.05, 0.1) is 19.3 Å². The minimum Gasteiger partial charge on any atom is -0.465 e. The Morgan fingerprint density at radius 1 is 1.50 bits per heavy atom. The minimum absolute atomic E-state index is 0. The van der Waals surface area contributed by atoms with Crippen LogP contribution in [0.2, 0.25) is 0 Å². The summed E-state index contributed by atoms with van der Waals surface area (Å²) in [6, 6.07) is 1.98. The number of halogens is 1. The van der Waals surface area contributed by atoms with Crippen LogP contribution in [0.4, 0.5) is 5.69 Å². The Bertz CT molecular complexity index is 509. The van der Waals surface area contributed by atoms with E-state index in [1.54, 1.807) is 11.4 Å². The Kier molecular flexibility index (Phi) is 7.81. The molecular weight excluding hydrogens is 326 g/mol. The molecule has 1 atom stereocenters. The third-order valence-electron chi connectivity index (χ3n) is 3.68. The van der Waals surface area contributed by atoms with E-state index in [-0.39, 0.29) is 24.4 Å². The van der Waals surface area contributed by atoms with Crippen molar-refractivity contribution in [2.75, 3.05) is 32.1 Å². The van der Waals surface area contributed by atoms with E-state index in [0.717, 1.165) is 25.8 Å². The number of ether oxygens (including phenoxy) is 1. The number of esters is 1. The van der Waals surface area contributed by atoms with Gasteiger partial charge in [-0.15, -0.1) is 23.7 Å². The number of hydrogen-bond donors (Lipinski definition) is 2. The molecule has 1 aliphatic rings. The van der Waals surface area contributed by atoms with Crippen molar-refractivity contribution < 1.29 is 14.3 Å². The maximum atomic E-state index is 12.2. The van der Waals surface area contributed by atoms with Crippen LogP contribution in [0.5, 0.6) is 0 Å². The average molecular weight is 348 g/mol. The number of hydrogen-bond acceptors (Lipinski definition) is 6. The number of likely N-dealkylation sites (tertiary alicyclic amines) is 1. The summed E-state index contributed by atoms with van der Waals surface area (Å²) in [5, 5.41) is 4.54. The van der Waals surface area contributed by atoms with E-state index in [1.807, 2.05) is 0 Å². The number of rotatable bonds is 5. The number of carbonyl (C=O) groups excluding carboxylic acids is 2. The van der Waals surface area contributed by atoms with Gasteiger partial charge in [0.1, 0.15) is 4.88 Å². The lowest BCUT2D eigenvalue weighted by molar-refractivity contribution is -0.118. The number of nitrogens with one attached hydrogen (secondary N) is 1. The number of nitrogens with two attached hydrogens (primary N) is 1. The summed E-state index contributed by atoms with van der Waals surface area (Å²) in [4.78, 5) is 26.3. The summed E-state index contributed by atoms with van der Waals surface area (Å²) in [6.45, 7) is 1.76. The number of amides is 1. The molecule has 124 valence electrons. The summed E-state index contributed by atoms with van der Waals surface area (Å²) < 4.78 is 4.69. The third kappa shape index (κ3) is 4.67. The smallest absolute Gasteiger partial charge is 0.350 e. The van der Waals surface area contributed by atoms with Crippen LogP contribution in [0, 0.1) is 0 Å². The van der Waals surface area contributed by atoms with Gasteiger partial charge in [-0.25, -0.2) is 4.79 Å². The molecule has 0 bridgehead atoms. The molecule has 0 aliphatic carbocycles. The lowest BCUT2D eigenvalue weighted by Crippen LogP contribution is -2.47. The monoisotopic (exact) mass is 347 g/mol. The topological polar surface area (TPSA) is 84.7 Å². The molecule has 1 fully saturated rings. The van der Waals surface area contributed by atoms with Crippen molar-refractivity contribution in [3.8, 4) is 0 Å². The van der Waals surface area contributed by atoms with E-state index in [4.69, 9.17) is 10.5 Å². The Hall–Kier alpha value is -1.15. The van der Waals surface area contributed by atoms with Gasteiger partial charge in [0, 0.05) is 12.6 Å². The molecule has 2 rings (SSSR count). The number of anilines is 1. The van der Waals surface area contributed by atoms with Gasteiger partial charge >= 0.3 is 5.97 Å². The van der Waals surface area contributed by atoms with Crippen LogP contribution in [0.3, 0.4) is 0 Å². The molecule has 8 heteroatoms. The van der Waals surface area contributed by atoms with Crippen molar-refractivity contribution in [1.29, 1.82) is 0 Å². The largest absolute Gasteiger partial charge is 0.465 e. The first-order chi connectivity index (χ1) is 10.2. The second kappa shape index (κ2) is 9.09. The number of carbonyl (C=O) groups is 2. The molecule has 1 aliphatic heterocycles. The van der Waals surface area contributed by atoms with Crippen molar-refractivity contribution in [1.82, 2.24) is 4.90 Å². The zero-order valence-electron chi connectivity index (χ0n) is 12.5. The highest BCUT2D eigenvalue weighted by molar-refractivity contribution is 7.12. The van der Waals surface area contributed by atoms with Gasteiger partial charge in [-0.3, -0.25) is 9.69 Å². The predicted octanol–water partition coefficient (Wildman–Crippen LogP) is 1.71. The number of methoxy groups -OCH3 is 1. The molecule has 1 unspecified atom stereocenters. The molecule has 6 nitrogen and oxygen atoms in total. The fraction of sp³-hybridized carbons (Fsp3) is 0.571. The van der Waals surface area contributed by atoms with Crippen LogP contribution in [0.1, 0.15) is 28.9 Å². The van der Waals surface area contributed by atoms with E-state index in [1.165, 1.54) is 18.4 Å². The van der Waals surface area contributed by atoms with Gasteiger partial charge in [-0.1, -0.05) is 6.42 Å². The summed E-state index contributed by atoms with van der Waals surface area (Å²) >= 11 is 1.25. The lowest BCUT2D eigenvalue weighted by atomic mass is 10.0. The average Bonchev–Trinajstić information content (AvgIpc) is 2.95. The summed E-state index contributed by atoms with van der Waals surface area (Å²) in [5.41, 5.74) is 6.27. The van der Waals surface area contributed by atoms with E-state index < -0.39 is 5.97 Å². The molecule has 0 radical (unpaired) electrons. The molecular formula is C14H22ClN3O3S. The zero-order valence-corrected chi connectivity index (χ0v) is 14.2. The van der Waals surface area contributed by atoms with Gasteiger partial charge in [-0.05, 0) is 30.8 Å². The summed E-state index contributed by atoms with van der Waals surface area (Å²) in [7, 11) is 1.33. The Labute approximate surface area is 140 Å². The predicted molar refractivity (Wildman–Crippen MR) is 89.8 cm³/mol. The van der Waals surface area contributed by atoms with Crippen LogP contribution in [-0.4, -0.2) is 49.6 Å². The molecule has 0 spiro atoms. The standard InChI is InChI=1S/C14H21N3O3S.ClH/c1-20-14(19)13-11(5-7-21-13)16-12(18)9-17-6-3-2-4-10(17)8-15;/h5,7,10H,2-4,6,8-9,15H2,1H3,(H,16,18);1H. The van der Waals surface area contributed by atoms with E-state index in [0.29, 0.717) is 23.7 Å². The Balaban J connectivity index is 0.00000242. The van der Waals surface area contributed by atoms with Gasteiger partial charge in [-0.2, -0.15) is 0 Å². The molecule has 1 amide bonds. The molecule has 1 saturated heterocycles. The van der Waals surface area contributed by atoms with E-state index in [2.05, 4.69) is 10.2 Å². The van der Waals surface area contributed by atoms with Crippen molar-refractivity contribution in [3.05, 3.63) is 16.3 Å². The molecule has 2 heterocycles. The highest BCUT2D eigenvalue weighted by Gasteiger charge is 2.24. The maximum absolute atomic E-state index is 12.2. The van der Waals surface area contributed by atoms with E-state index >= 15 is 0 Å². The second-order valence-corrected chi connectivity index (χ2v) is 5.98. The summed E-state index contributed by atoms with van der Waals surface area (Å²) in [5.74, 6) is -0.558. The van der Waals surface area contributed by atoms with Gasteiger partial charge in [0.15, 0.2) is 0 Å². The molecule has 22 heavy (non-hydrogen) atoms. The molecule has 0 saturated carbocycles. The number of thiophene rings is 1. The van der Waals surface area contributed by atoms with Crippen LogP contribution >= 0.6 is 23.7 Å². The molecule has 0 aromatic carbocycles. The first kappa shape index (κ1) is 18.9. The highest BCUT2D eigenvalue weighted by atomic mass is 35.5. The minimum atomic E-state index is -0.432. The Morgan fingerprint density at radius 3 is 2.95 bits per heavy atom. The van der Waals surface area contributed by atoms with Crippen molar-refractivity contribution >= 4 is 41.3 Å². The van der Waals surface area contributed by atoms with Crippen molar-refractivity contribution in [3.63, 3.8) is 0 Å². The second-order valence-electron chi connectivity index (χ2n) is 5.06. The lowest BCUT2D eigenvalue weighted by Gasteiger charge is -2.34. The summed E-state index contributed by atoms with van der Waals surface area (Å²) in [6.07, 6.45) is 3.29. The van der Waals surface area contributed by atoms with Crippen LogP contribution < -0.4 is 11.1 Å². The fourth-order valence-electron chi connectivity index (χ4n) is 2.57. The maximum Gasteiger partial charge on any atom is 0.350 e. The number of piperidine rings is 1. The first-order valence-corrected chi connectivity index (χ1v) is 7.93. The Morgan fingerprint density at radius 2 is 2.27 bits per heavy atom. The van der Waals surface area contributed by atoms with Crippen molar-refractivity contribution in [2.45, 2.75) is 25.3 Å². The van der Waals surface area contributed by atoms with Crippen LogP contribution in [0.25, 0.3) is 0 Å². The fourth-order valence-corrected chi connectivity index (χ4v) is 3.33. The SMILES string of the molecule is COC(=O)c1sccc1NC(=O)CN1CCCCC1CN.Cl. The van der Waals surface area contributed by atoms with Gasteiger partial charge in [0.2, 0.25) is 5.91 Å². The zero-order chi connectivity index (χ0) is 15.2. The molecule has 1 aromatic heterocycles. The van der Waals surface area contributed by atoms with Gasteiger partial charge < -0.3 is 15.8 Å². The van der Waals surface area contributed by atoms with E-state index in [9.17, 15) is 9.59 Å². The molecule has 3 N–H and O–H groups in total. The number of nitrogens with zero attached hydrogens (tertiary/aromatic N) is 1. The normalized spacial score (nSPS) is 18.4. The quantitative estimate of drug-likeness (QED) is 0.792. The first-order valence-electron chi connectivity index (χ1n) is 7.05. The van der Waals surface area contributed by atoms with Crippen molar-refractivity contribution in [2.24, 2.45) is 5.73 Å². The van der Waals surface area contributed by atoms with Gasteiger partial charge in [0.25, 0.3) is 0 Å². The van der Waals surface area contributed by atoms with Crippen LogP contribution in [-0.2, 0) is 9.53 Å². The third-order valence-corrected chi connectivity index (χ3v) is 4.57.